The molecule has 0 aromatic carbocycles. The minimum atomic E-state index is -2.38. The van der Waals surface area contributed by atoms with Crippen molar-refractivity contribution in [2.24, 2.45) is 0 Å². The van der Waals surface area contributed by atoms with Gasteiger partial charge in [-0.1, -0.05) is 6.58 Å². The van der Waals surface area contributed by atoms with Crippen LogP contribution in [0.25, 0.3) is 0 Å². The quantitative estimate of drug-likeness (QED) is 0.276. The molecule has 0 aliphatic heterocycles. The van der Waals surface area contributed by atoms with Gasteiger partial charge < -0.3 is 9.29 Å². The van der Waals surface area contributed by atoms with Gasteiger partial charge in [-0.05, 0) is 0 Å². The molecule has 0 saturated carbocycles. The monoisotopic (exact) mass is 210 g/mol. The Bertz CT molecular complexity index is 221. The summed E-state index contributed by atoms with van der Waals surface area (Å²) < 4.78 is 38.0. The number of halogens is 1. The Morgan fingerprint density at radius 2 is 2.31 bits per heavy atom. The van der Waals surface area contributed by atoms with Crippen LogP contribution < -0.4 is 4.72 Å². The van der Waals surface area contributed by atoms with E-state index in [0.29, 0.717) is 0 Å². The summed E-state index contributed by atoms with van der Waals surface area (Å²) >= 11 is -2.38. The Kier molecular flexibility index (Phi) is 6.29. The van der Waals surface area contributed by atoms with Crippen molar-refractivity contribution in [1.29, 1.82) is 0 Å². The molecule has 0 aromatic heterocycles. The van der Waals surface area contributed by atoms with Gasteiger partial charge in [0.1, 0.15) is 13.3 Å². The van der Waals surface area contributed by atoms with Gasteiger partial charge >= 0.3 is 5.97 Å². The summed E-state index contributed by atoms with van der Waals surface area (Å²) in [5, 5.41) is 0. The van der Waals surface area contributed by atoms with E-state index >= 15 is 0 Å². The molecular formula is C6H9FNO4S-. The van der Waals surface area contributed by atoms with Crippen LogP contribution in [0.2, 0.25) is 0 Å². The van der Waals surface area contributed by atoms with Gasteiger partial charge in [-0.3, -0.25) is 4.21 Å². The Hall–Kier alpha value is -0.790. The van der Waals surface area contributed by atoms with Crippen molar-refractivity contribution < 1.29 is 22.7 Å². The fourth-order valence-corrected chi connectivity index (χ4v) is 0.675. The molecule has 0 aliphatic rings. The molecule has 1 unspecified atom stereocenters. The van der Waals surface area contributed by atoms with Crippen LogP contribution in [0.1, 0.15) is 0 Å². The number of carbonyl (C=O) groups excluding carboxylic acids is 1. The van der Waals surface area contributed by atoms with Gasteiger partial charge in [0.25, 0.3) is 0 Å². The smallest absolute Gasteiger partial charge is 0.336 e. The molecule has 0 saturated heterocycles. The third kappa shape index (κ3) is 6.38. The Morgan fingerprint density at radius 1 is 1.69 bits per heavy atom. The number of alkyl halides is 1. The zero-order chi connectivity index (χ0) is 10.3. The summed E-state index contributed by atoms with van der Waals surface area (Å²) in [6, 6.07) is 0. The second kappa shape index (κ2) is 6.70. The first-order chi connectivity index (χ1) is 6.07. The fourth-order valence-electron chi connectivity index (χ4n) is 0.425. The molecule has 0 aromatic rings. The molecule has 0 spiro atoms. The first kappa shape index (κ1) is 12.2. The zero-order valence-electron chi connectivity index (χ0n) is 6.75. The molecule has 0 bridgehead atoms. The van der Waals surface area contributed by atoms with E-state index in [9.17, 15) is 17.9 Å². The maximum absolute atomic E-state index is 11.8. The van der Waals surface area contributed by atoms with Gasteiger partial charge in [0.05, 0.1) is 5.57 Å². The third-order valence-corrected chi connectivity index (χ3v) is 1.44. The second-order valence-electron chi connectivity index (χ2n) is 2.00. The lowest BCUT2D eigenvalue weighted by atomic mass is 10.3. The van der Waals surface area contributed by atoms with Crippen LogP contribution in [0, 0.1) is 0 Å². The average molecular weight is 210 g/mol. The van der Waals surface area contributed by atoms with E-state index in [-0.39, 0.29) is 18.7 Å². The maximum atomic E-state index is 11.8. The molecule has 76 valence electrons. The molecule has 1 atom stereocenters. The second-order valence-corrected chi connectivity index (χ2v) is 2.76. The van der Waals surface area contributed by atoms with Crippen molar-refractivity contribution in [2.75, 3.05) is 19.8 Å². The van der Waals surface area contributed by atoms with E-state index in [1.54, 1.807) is 0 Å². The highest BCUT2D eigenvalue weighted by Gasteiger charge is 2.06. The van der Waals surface area contributed by atoms with Crippen LogP contribution in [-0.4, -0.2) is 34.6 Å². The van der Waals surface area contributed by atoms with Crippen molar-refractivity contribution in [3.8, 4) is 0 Å². The van der Waals surface area contributed by atoms with Crippen molar-refractivity contribution in [3.05, 3.63) is 12.2 Å². The van der Waals surface area contributed by atoms with E-state index in [0.717, 1.165) is 0 Å². The van der Waals surface area contributed by atoms with Crippen LogP contribution in [0.4, 0.5) is 4.39 Å². The molecule has 0 aliphatic carbocycles. The molecule has 0 rings (SSSR count). The van der Waals surface area contributed by atoms with Crippen LogP contribution in [-0.2, 0) is 20.8 Å². The number of hydrogen-bond acceptors (Lipinski definition) is 4. The molecule has 0 radical (unpaired) electrons. The Morgan fingerprint density at radius 3 is 2.77 bits per heavy atom. The molecule has 7 heteroatoms. The van der Waals surface area contributed by atoms with Crippen LogP contribution >= 0.6 is 0 Å². The summed E-state index contributed by atoms with van der Waals surface area (Å²) in [6.45, 7) is 1.94. The van der Waals surface area contributed by atoms with Crippen LogP contribution in [0.15, 0.2) is 12.2 Å². The summed E-state index contributed by atoms with van der Waals surface area (Å²) in [6.07, 6.45) is 0. The Balaban J connectivity index is 3.48. The first-order valence-electron chi connectivity index (χ1n) is 3.31. The lowest BCUT2D eigenvalue weighted by Gasteiger charge is -2.07. The van der Waals surface area contributed by atoms with Gasteiger partial charge in [-0.2, -0.15) is 0 Å². The topological polar surface area (TPSA) is 78.5 Å². The highest BCUT2D eigenvalue weighted by atomic mass is 32.2. The van der Waals surface area contributed by atoms with Gasteiger partial charge in [-0.15, -0.1) is 0 Å². The highest BCUT2D eigenvalue weighted by Crippen LogP contribution is 1.94. The van der Waals surface area contributed by atoms with Crippen molar-refractivity contribution in [3.63, 3.8) is 0 Å². The molecule has 0 heterocycles. The third-order valence-electron chi connectivity index (χ3n) is 1.01. The lowest BCUT2D eigenvalue weighted by molar-refractivity contribution is -0.139. The standard InChI is InChI=1S/C6H10FNO4S/c1-5(4-7)6(9)12-3-2-8-13(10)11/h8H,1-4H2,(H,10,11)/p-1. The number of carbonyl (C=O) groups is 1. The average Bonchev–Trinajstić information content (AvgIpc) is 2.10. The van der Waals surface area contributed by atoms with E-state index in [1.165, 1.54) is 0 Å². The molecular weight excluding hydrogens is 201 g/mol. The van der Waals surface area contributed by atoms with Crippen molar-refractivity contribution in [1.82, 2.24) is 4.72 Å². The minimum Gasteiger partial charge on any atom is -0.760 e. The summed E-state index contributed by atoms with van der Waals surface area (Å²) in [7, 11) is 0. The van der Waals surface area contributed by atoms with Gasteiger partial charge in [0.15, 0.2) is 0 Å². The van der Waals surface area contributed by atoms with Gasteiger partial charge in [0.2, 0.25) is 0 Å². The minimum absolute atomic E-state index is 0.0403. The first-order valence-corrected chi connectivity index (χ1v) is 4.39. The normalized spacial score (nSPS) is 12.2. The SMILES string of the molecule is C=C(CF)C(=O)OCCNS(=O)[O-]. The summed E-state index contributed by atoms with van der Waals surface area (Å²) in [5.41, 5.74) is -0.289. The van der Waals surface area contributed by atoms with E-state index < -0.39 is 23.9 Å². The zero-order valence-corrected chi connectivity index (χ0v) is 7.56. The van der Waals surface area contributed by atoms with E-state index in [1.807, 2.05) is 4.72 Å². The van der Waals surface area contributed by atoms with Crippen molar-refractivity contribution in [2.45, 2.75) is 0 Å². The van der Waals surface area contributed by atoms with Gasteiger partial charge in [-0.25, -0.2) is 13.9 Å². The fraction of sp³-hybridized carbons (Fsp3) is 0.500. The van der Waals surface area contributed by atoms with E-state index in [2.05, 4.69) is 11.3 Å². The predicted molar refractivity (Wildman–Crippen MR) is 43.0 cm³/mol. The number of rotatable bonds is 6. The molecule has 5 nitrogen and oxygen atoms in total. The molecule has 0 fully saturated rings. The molecule has 13 heavy (non-hydrogen) atoms. The van der Waals surface area contributed by atoms with Crippen LogP contribution in [0.5, 0.6) is 0 Å². The summed E-state index contributed by atoms with van der Waals surface area (Å²) in [5.74, 6) is -0.860. The van der Waals surface area contributed by atoms with Crippen molar-refractivity contribution >= 4 is 17.2 Å². The molecule has 0 amide bonds. The van der Waals surface area contributed by atoms with E-state index in [4.69, 9.17) is 0 Å². The number of ether oxygens (including phenoxy) is 1. The number of esters is 1. The predicted octanol–water partition coefficient (Wildman–Crippen LogP) is -0.561. The number of hydrogen-bond donors (Lipinski definition) is 1. The maximum Gasteiger partial charge on any atom is 0.336 e. The number of nitrogens with one attached hydrogen (secondary N) is 1. The van der Waals surface area contributed by atoms with Gasteiger partial charge in [0, 0.05) is 17.8 Å². The lowest BCUT2D eigenvalue weighted by Crippen LogP contribution is -2.23. The van der Waals surface area contributed by atoms with Crippen LogP contribution in [0.3, 0.4) is 0 Å². The highest BCUT2D eigenvalue weighted by molar-refractivity contribution is 7.77. The molecule has 1 N–H and O–H groups in total. The Labute approximate surface area is 77.4 Å². The largest absolute Gasteiger partial charge is 0.760 e. The summed E-state index contributed by atoms with van der Waals surface area (Å²) in [4.78, 5) is 10.7.